The Bertz CT molecular complexity index is 266. The normalized spacial score (nSPS) is 26.7. The second kappa shape index (κ2) is 2.10. The van der Waals surface area contributed by atoms with Crippen LogP contribution in [0.1, 0.15) is 24.6 Å². The van der Waals surface area contributed by atoms with Crippen LogP contribution >= 0.6 is 0 Å². The lowest BCUT2D eigenvalue weighted by atomic mass is 9.58. The van der Waals surface area contributed by atoms with Gasteiger partial charge >= 0.3 is 0 Å². The van der Waals surface area contributed by atoms with E-state index in [2.05, 4.69) is 15.3 Å². The Hall–Kier alpha value is -0.830. The van der Waals surface area contributed by atoms with Crippen molar-refractivity contribution in [2.24, 2.45) is 5.41 Å². The van der Waals surface area contributed by atoms with Gasteiger partial charge < -0.3 is 10.3 Å². The third kappa shape index (κ3) is 0.771. The molecule has 2 aliphatic rings. The van der Waals surface area contributed by atoms with Gasteiger partial charge in [0.1, 0.15) is 5.82 Å². The molecule has 1 saturated heterocycles. The SMILES string of the molecule is c1c[nH]c(C2CC3(CNC3)C2)n1. The van der Waals surface area contributed by atoms with E-state index >= 15 is 0 Å². The summed E-state index contributed by atoms with van der Waals surface area (Å²) in [5.74, 6) is 1.90. The monoisotopic (exact) mass is 163 g/mol. The molecular weight excluding hydrogens is 150 g/mol. The molecule has 1 saturated carbocycles. The van der Waals surface area contributed by atoms with Crippen molar-refractivity contribution in [3.63, 3.8) is 0 Å². The van der Waals surface area contributed by atoms with E-state index < -0.39 is 0 Å². The van der Waals surface area contributed by atoms with Crippen molar-refractivity contribution >= 4 is 0 Å². The maximum atomic E-state index is 4.29. The third-order valence-corrected chi connectivity index (χ3v) is 3.26. The summed E-state index contributed by atoms with van der Waals surface area (Å²) in [5.41, 5.74) is 0.664. The fourth-order valence-corrected chi connectivity index (χ4v) is 2.45. The van der Waals surface area contributed by atoms with Crippen LogP contribution in [0.15, 0.2) is 12.4 Å². The minimum absolute atomic E-state index is 0.664. The lowest BCUT2D eigenvalue weighted by Gasteiger charge is -2.53. The van der Waals surface area contributed by atoms with Gasteiger partial charge in [0, 0.05) is 31.4 Å². The van der Waals surface area contributed by atoms with Crippen LogP contribution in [-0.2, 0) is 0 Å². The van der Waals surface area contributed by atoms with Crippen molar-refractivity contribution in [1.82, 2.24) is 15.3 Å². The van der Waals surface area contributed by atoms with Crippen LogP contribution in [0.5, 0.6) is 0 Å². The fraction of sp³-hybridized carbons (Fsp3) is 0.667. The summed E-state index contributed by atoms with van der Waals surface area (Å²) in [6.07, 6.45) is 6.42. The molecule has 3 rings (SSSR count). The molecule has 3 nitrogen and oxygen atoms in total. The zero-order valence-electron chi connectivity index (χ0n) is 7.01. The molecule has 0 bridgehead atoms. The van der Waals surface area contributed by atoms with Crippen molar-refractivity contribution in [1.29, 1.82) is 0 Å². The zero-order valence-corrected chi connectivity index (χ0v) is 7.01. The first-order valence-corrected chi connectivity index (χ1v) is 4.58. The summed E-state index contributed by atoms with van der Waals surface area (Å²) in [6, 6.07) is 0. The van der Waals surface area contributed by atoms with Crippen LogP contribution in [0.25, 0.3) is 0 Å². The lowest BCUT2D eigenvalue weighted by molar-refractivity contribution is 0.0333. The van der Waals surface area contributed by atoms with Gasteiger partial charge in [-0.1, -0.05) is 0 Å². The van der Waals surface area contributed by atoms with Crippen molar-refractivity contribution in [2.75, 3.05) is 13.1 Å². The topological polar surface area (TPSA) is 40.7 Å². The Morgan fingerprint density at radius 1 is 1.42 bits per heavy atom. The first-order chi connectivity index (χ1) is 5.88. The number of H-pyrrole nitrogens is 1. The van der Waals surface area contributed by atoms with E-state index in [1.54, 1.807) is 0 Å². The van der Waals surface area contributed by atoms with Crippen LogP contribution < -0.4 is 5.32 Å². The highest BCUT2D eigenvalue weighted by Gasteiger charge is 2.49. The van der Waals surface area contributed by atoms with E-state index in [0.29, 0.717) is 11.3 Å². The standard InChI is InChI=1S/C9H13N3/c1-2-12-8(11-1)7-3-9(4-7)5-10-6-9/h1-2,7,10H,3-6H2,(H,11,12). The summed E-state index contributed by atoms with van der Waals surface area (Å²) < 4.78 is 0. The molecule has 2 fully saturated rings. The van der Waals surface area contributed by atoms with E-state index in [0.717, 1.165) is 0 Å². The molecule has 1 aliphatic heterocycles. The third-order valence-electron chi connectivity index (χ3n) is 3.26. The predicted molar refractivity (Wildman–Crippen MR) is 45.9 cm³/mol. The second-order valence-electron chi connectivity index (χ2n) is 4.18. The van der Waals surface area contributed by atoms with Gasteiger partial charge in [-0.2, -0.15) is 0 Å². The zero-order chi connectivity index (χ0) is 8.02. The molecule has 0 radical (unpaired) electrons. The number of nitrogens with zero attached hydrogens (tertiary/aromatic N) is 1. The van der Waals surface area contributed by atoms with Crippen LogP contribution in [0.3, 0.4) is 0 Å². The minimum Gasteiger partial charge on any atom is -0.348 e. The van der Waals surface area contributed by atoms with E-state index in [9.17, 15) is 0 Å². The molecule has 0 aromatic carbocycles. The van der Waals surface area contributed by atoms with Crippen molar-refractivity contribution < 1.29 is 0 Å². The number of nitrogens with one attached hydrogen (secondary N) is 2. The van der Waals surface area contributed by atoms with E-state index in [4.69, 9.17) is 0 Å². The fourth-order valence-electron chi connectivity index (χ4n) is 2.45. The molecule has 1 spiro atoms. The quantitative estimate of drug-likeness (QED) is 0.645. The molecule has 1 aromatic heterocycles. The highest BCUT2D eigenvalue weighted by atomic mass is 15.0. The lowest BCUT2D eigenvalue weighted by Crippen LogP contribution is -2.59. The van der Waals surface area contributed by atoms with Gasteiger partial charge in [-0.3, -0.25) is 0 Å². The molecular formula is C9H13N3. The molecule has 0 unspecified atom stereocenters. The number of aromatic amines is 1. The Labute approximate surface area is 71.6 Å². The molecule has 12 heavy (non-hydrogen) atoms. The first-order valence-electron chi connectivity index (χ1n) is 4.58. The average molecular weight is 163 g/mol. The van der Waals surface area contributed by atoms with Gasteiger partial charge in [0.15, 0.2) is 0 Å². The maximum Gasteiger partial charge on any atom is 0.109 e. The molecule has 2 heterocycles. The van der Waals surface area contributed by atoms with E-state index in [1.807, 2.05) is 12.4 Å². The summed E-state index contributed by atoms with van der Waals surface area (Å²) >= 11 is 0. The number of imidazole rings is 1. The van der Waals surface area contributed by atoms with Crippen LogP contribution in [0.4, 0.5) is 0 Å². The highest BCUT2D eigenvalue weighted by Crippen LogP contribution is 2.52. The Balaban J connectivity index is 1.69. The van der Waals surface area contributed by atoms with Gasteiger partial charge in [0.25, 0.3) is 0 Å². The van der Waals surface area contributed by atoms with Crippen LogP contribution in [0.2, 0.25) is 0 Å². The maximum absolute atomic E-state index is 4.29. The highest BCUT2D eigenvalue weighted by molar-refractivity contribution is 5.13. The van der Waals surface area contributed by atoms with Gasteiger partial charge in [-0.25, -0.2) is 4.98 Å². The van der Waals surface area contributed by atoms with Gasteiger partial charge in [-0.15, -0.1) is 0 Å². The van der Waals surface area contributed by atoms with Crippen molar-refractivity contribution in [2.45, 2.75) is 18.8 Å². The predicted octanol–water partition coefficient (Wildman–Crippen LogP) is 0.877. The summed E-state index contributed by atoms with van der Waals surface area (Å²) in [7, 11) is 0. The molecule has 64 valence electrons. The summed E-state index contributed by atoms with van der Waals surface area (Å²) in [4.78, 5) is 7.48. The van der Waals surface area contributed by atoms with Gasteiger partial charge in [-0.05, 0) is 18.3 Å². The Morgan fingerprint density at radius 3 is 2.75 bits per heavy atom. The number of hydrogen-bond acceptors (Lipinski definition) is 2. The average Bonchev–Trinajstić information content (AvgIpc) is 2.32. The van der Waals surface area contributed by atoms with Gasteiger partial charge in [0.05, 0.1) is 0 Å². The molecule has 0 atom stereocenters. The molecule has 2 N–H and O–H groups in total. The van der Waals surface area contributed by atoms with Crippen molar-refractivity contribution in [3.05, 3.63) is 18.2 Å². The van der Waals surface area contributed by atoms with Crippen LogP contribution in [0, 0.1) is 5.41 Å². The Morgan fingerprint density at radius 2 is 2.25 bits per heavy atom. The second-order valence-corrected chi connectivity index (χ2v) is 4.18. The molecule has 1 aromatic rings. The van der Waals surface area contributed by atoms with Crippen LogP contribution in [-0.4, -0.2) is 23.1 Å². The Kier molecular flexibility index (Phi) is 1.17. The molecule has 3 heteroatoms. The smallest absolute Gasteiger partial charge is 0.109 e. The number of rotatable bonds is 1. The van der Waals surface area contributed by atoms with Crippen molar-refractivity contribution in [3.8, 4) is 0 Å². The minimum atomic E-state index is 0.664. The van der Waals surface area contributed by atoms with E-state index in [1.165, 1.54) is 31.8 Å². The molecule has 1 aliphatic carbocycles. The van der Waals surface area contributed by atoms with E-state index in [-0.39, 0.29) is 0 Å². The van der Waals surface area contributed by atoms with Gasteiger partial charge in [0.2, 0.25) is 0 Å². The number of hydrogen-bond donors (Lipinski definition) is 2. The largest absolute Gasteiger partial charge is 0.348 e. The first kappa shape index (κ1) is 6.66. The summed E-state index contributed by atoms with van der Waals surface area (Å²) in [6.45, 7) is 2.45. The number of aromatic nitrogens is 2. The summed E-state index contributed by atoms with van der Waals surface area (Å²) in [5, 5.41) is 3.34. The molecule has 0 amide bonds.